The molecule has 0 aromatic heterocycles. The van der Waals surface area contributed by atoms with Crippen LogP contribution in [0.3, 0.4) is 0 Å². The number of hydrogen-bond acceptors (Lipinski definition) is 7. The zero-order chi connectivity index (χ0) is 27.4. The molecule has 2 aromatic carbocycles. The van der Waals surface area contributed by atoms with Crippen LogP contribution in [0.5, 0.6) is 0 Å². The molecule has 0 unspecified atom stereocenters. The first-order valence-electron chi connectivity index (χ1n) is 11.3. The average Bonchev–Trinajstić information content (AvgIpc) is 2.75. The molecule has 0 saturated carbocycles. The first-order valence-corrected chi connectivity index (χ1v) is 12.8. The fourth-order valence-corrected chi connectivity index (χ4v) is 4.86. The molecule has 36 heavy (non-hydrogen) atoms. The van der Waals surface area contributed by atoms with Gasteiger partial charge >= 0.3 is 6.09 Å². The second-order valence-corrected chi connectivity index (χ2v) is 12.1. The van der Waals surface area contributed by atoms with Crippen molar-refractivity contribution in [1.82, 2.24) is 10.0 Å². The van der Waals surface area contributed by atoms with E-state index >= 15 is 0 Å². The van der Waals surface area contributed by atoms with Crippen LogP contribution < -0.4 is 15.4 Å². The van der Waals surface area contributed by atoms with Gasteiger partial charge in [0.25, 0.3) is 5.91 Å². The predicted molar refractivity (Wildman–Crippen MR) is 137 cm³/mol. The third-order valence-electron chi connectivity index (χ3n) is 4.79. The number of alkyl carbamates (subject to hydrolysis) is 1. The zero-order valence-corrected chi connectivity index (χ0v) is 22.2. The fourth-order valence-electron chi connectivity index (χ4n) is 3.21. The highest BCUT2D eigenvalue weighted by Gasteiger charge is 2.40. The Balaban J connectivity index is 2.28. The van der Waals surface area contributed by atoms with Crippen LogP contribution in [-0.4, -0.2) is 60.5 Å². The molecule has 2 aromatic rings. The van der Waals surface area contributed by atoms with E-state index in [9.17, 15) is 28.2 Å². The van der Waals surface area contributed by atoms with Crippen molar-refractivity contribution < 1.29 is 33.0 Å². The van der Waals surface area contributed by atoms with Gasteiger partial charge in [-0.15, -0.1) is 0 Å². The van der Waals surface area contributed by atoms with E-state index in [1.54, 1.807) is 84.0 Å². The van der Waals surface area contributed by atoms with E-state index in [-0.39, 0.29) is 4.90 Å². The summed E-state index contributed by atoms with van der Waals surface area (Å²) in [5.74, 6) is -0.858. The number of carbonyl (C=O) groups excluding carboxylic acids is 2. The van der Waals surface area contributed by atoms with Crippen LogP contribution in [0.25, 0.3) is 11.1 Å². The molecular formula is C25H35N3O7S. The molecule has 0 aliphatic heterocycles. The molecule has 5 N–H and O–H groups in total. The predicted octanol–water partition coefficient (Wildman–Crippen LogP) is 2.62. The first-order chi connectivity index (χ1) is 16.5. The number of amides is 2. The lowest BCUT2D eigenvalue weighted by Gasteiger charge is -2.31. The minimum absolute atomic E-state index is 0.109. The Morgan fingerprint density at radius 2 is 1.44 bits per heavy atom. The van der Waals surface area contributed by atoms with E-state index in [0.717, 1.165) is 0 Å². The Labute approximate surface area is 212 Å². The molecule has 0 heterocycles. The second-order valence-electron chi connectivity index (χ2n) is 10.4. The highest BCUT2D eigenvalue weighted by Crippen LogP contribution is 2.29. The maximum atomic E-state index is 12.9. The van der Waals surface area contributed by atoms with E-state index in [0.29, 0.717) is 16.8 Å². The summed E-state index contributed by atoms with van der Waals surface area (Å²) in [6.45, 7) is 8.41. The van der Waals surface area contributed by atoms with Gasteiger partial charge in [-0.05, 0) is 65.3 Å². The summed E-state index contributed by atoms with van der Waals surface area (Å²) in [6, 6.07) is 12.9. The third-order valence-corrected chi connectivity index (χ3v) is 6.60. The van der Waals surface area contributed by atoms with Crippen LogP contribution in [0, 0.1) is 0 Å². The van der Waals surface area contributed by atoms with Gasteiger partial charge in [-0.25, -0.2) is 17.9 Å². The molecule has 10 nitrogen and oxygen atoms in total. The first kappa shape index (κ1) is 29.2. The summed E-state index contributed by atoms with van der Waals surface area (Å²) in [4.78, 5) is 25.2. The lowest BCUT2D eigenvalue weighted by molar-refractivity contribution is -0.126. The van der Waals surface area contributed by atoms with Crippen LogP contribution in [0.2, 0.25) is 0 Å². The SMILES string of the molecule is CC(C)(C)NS(=O)(=O)c1ccccc1-c1ccc(NC(=O)C(CO)(CO)NC(=O)OC(C)(C)C)cc1. The van der Waals surface area contributed by atoms with Crippen LogP contribution in [0.15, 0.2) is 53.4 Å². The van der Waals surface area contributed by atoms with Crippen molar-refractivity contribution in [3.8, 4) is 11.1 Å². The van der Waals surface area contributed by atoms with Gasteiger partial charge in [-0.2, -0.15) is 0 Å². The molecular weight excluding hydrogens is 486 g/mol. The molecule has 2 rings (SSSR count). The smallest absolute Gasteiger partial charge is 0.408 e. The van der Waals surface area contributed by atoms with E-state index in [2.05, 4.69) is 15.4 Å². The summed E-state index contributed by atoms with van der Waals surface area (Å²) in [7, 11) is -3.80. The molecule has 0 aliphatic carbocycles. The number of aliphatic hydroxyl groups is 2. The van der Waals surface area contributed by atoms with Gasteiger partial charge in [0.2, 0.25) is 10.0 Å². The molecule has 0 fully saturated rings. The number of ether oxygens (including phenoxy) is 1. The van der Waals surface area contributed by atoms with Gasteiger partial charge in [-0.3, -0.25) is 4.79 Å². The highest BCUT2D eigenvalue weighted by molar-refractivity contribution is 7.89. The van der Waals surface area contributed by atoms with E-state index in [1.807, 2.05) is 0 Å². The lowest BCUT2D eigenvalue weighted by Crippen LogP contribution is -2.62. The Hall–Kier alpha value is -2.99. The molecule has 0 radical (unpaired) electrons. The topological polar surface area (TPSA) is 154 Å². The number of nitrogens with one attached hydrogen (secondary N) is 3. The van der Waals surface area contributed by atoms with Crippen molar-refractivity contribution in [1.29, 1.82) is 0 Å². The maximum Gasteiger partial charge on any atom is 0.408 e. The van der Waals surface area contributed by atoms with Crippen molar-refractivity contribution in [2.75, 3.05) is 18.5 Å². The second kappa shape index (κ2) is 11.0. The lowest BCUT2D eigenvalue weighted by atomic mass is 10.0. The number of aliphatic hydroxyl groups excluding tert-OH is 2. The normalized spacial score (nSPS) is 12.7. The van der Waals surface area contributed by atoms with E-state index in [1.165, 1.54) is 6.07 Å². The summed E-state index contributed by atoms with van der Waals surface area (Å²) >= 11 is 0. The van der Waals surface area contributed by atoms with Gasteiger partial charge < -0.3 is 25.6 Å². The van der Waals surface area contributed by atoms with Crippen LogP contribution in [0.1, 0.15) is 41.5 Å². The van der Waals surface area contributed by atoms with Crippen molar-refractivity contribution in [2.45, 2.75) is 63.1 Å². The summed E-state index contributed by atoms with van der Waals surface area (Å²) in [6.07, 6.45) is -0.974. The Morgan fingerprint density at radius 3 is 1.94 bits per heavy atom. The van der Waals surface area contributed by atoms with Gasteiger partial charge in [0.15, 0.2) is 5.54 Å². The van der Waals surface area contributed by atoms with Crippen LogP contribution in [0.4, 0.5) is 10.5 Å². The number of benzene rings is 2. The minimum Gasteiger partial charge on any atom is -0.444 e. The van der Waals surface area contributed by atoms with Crippen molar-refractivity contribution in [2.24, 2.45) is 0 Å². The Bertz CT molecular complexity index is 1180. The van der Waals surface area contributed by atoms with Crippen molar-refractivity contribution in [3.63, 3.8) is 0 Å². The number of rotatable bonds is 8. The van der Waals surface area contributed by atoms with E-state index in [4.69, 9.17) is 4.74 Å². The van der Waals surface area contributed by atoms with E-state index < -0.39 is 51.9 Å². The molecule has 0 aliphatic rings. The summed E-state index contributed by atoms with van der Waals surface area (Å²) < 4.78 is 33.7. The third kappa shape index (κ3) is 7.76. The monoisotopic (exact) mass is 521 g/mol. The molecule has 0 atom stereocenters. The largest absolute Gasteiger partial charge is 0.444 e. The number of anilines is 1. The minimum atomic E-state index is -3.80. The van der Waals surface area contributed by atoms with Gasteiger partial charge in [0.1, 0.15) is 5.60 Å². The number of carbonyl (C=O) groups is 2. The summed E-state index contributed by atoms with van der Waals surface area (Å²) in [5.41, 5.74) is -2.18. The maximum absolute atomic E-state index is 12.9. The highest BCUT2D eigenvalue weighted by atomic mass is 32.2. The van der Waals surface area contributed by atoms with Gasteiger partial charge in [-0.1, -0.05) is 30.3 Å². The number of sulfonamides is 1. The van der Waals surface area contributed by atoms with Gasteiger partial charge in [0.05, 0.1) is 18.1 Å². The zero-order valence-electron chi connectivity index (χ0n) is 21.4. The van der Waals surface area contributed by atoms with Gasteiger partial charge in [0, 0.05) is 16.8 Å². The molecule has 0 bridgehead atoms. The molecule has 0 saturated heterocycles. The van der Waals surface area contributed by atoms with Crippen LogP contribution >= 0.6 is 0 Å². The Kier molecular flexibility index (Phi) is 8.90. The number of hydrogen-bond donors (Lipinski definition) is 5. The average molecular weight is 522 g/mol. The fraction of sp³-hybridized carbons (Fsp3) is 0.440. The standard InChI is InChI=1S/C25H35N3O7S/c1-23(2,3)28-36(33,34)20-10-8-7-9-19(20)17-11-13-18(14-12-17)26-21(31)25(15-29,16-30)27-22(32)35-24(4,5)6/h7-14,28-30H,15-16H2,1-6H3,(H,26,31)(H,27,32). The van der Waals surface area contributed by atoms with Crippen molar-refractivity contribution in [3.05, 3.63) is 48.5 Å². The molecule has 2 amide bonds. The van der Waals surface area contributed by atoms with Crippen LogP contribution in [-0.2, 0) is 19.6 Å². The molecule has 11 heteroatoms. The summed E-state index contributed by atoms with van der Waals surface area (Å²) in [5, 5.41) is 24.4. The Morgan fingerprint density at radius 1 is 0.889 bits per heavy atom. The quantitative estimate of drug-likeness (QED) is 0.358. The molecule has 198 valence electrons. The van der Waals surface area contributed by atoms with Crippen molar-refractivity contribution >= 4 is 27.7 Å². The molecule has 0 spiro atoms.